The summed E-state index contributed by atoms with van der Waals surface area (Å²) < 4.78 is 5.09. The number of benzene rings is 1. The fourth-order valence-electron chi connectivity index (χ4n) is 2.56. The Kier molecular flexibility index (Phi) is 4.55. The highest BCUT2D eigenvalue weighted by atomic mass is 16.5. The van der Waals surface area contributed by atoms with Gasteiger partial charge in [-0.3, -0.25) is 14.5 Å². The highest BCUT2D eigenvalue weighted by Crippen LogP contribution is 2.19. The molecule has 0 N–H and O–H groups in total. The standard InChI is InChI=1S/C16H21NO3/c1-11-10-17(9-8-15(11)18)12(2)16(19)13-4-6-14(20-3)7-5-13/h4-7,11-12H,8-10H2,1-3H3. The summed E-state index contributed by atoms with van der Waals surface area (Å²) in [4.78, 5) is 26.1. The van der Waals surface area contributed by atoms with E-state index in [4.69, 9.17) is 4.74 Å². The van der Waals surface area contributed by atoms with Crippen LogP contribution < -0.4 is 4.74 Å². The number of hydrogen-bond acceptors (Lipinski definition) is 4. The lowest BCUT2D eigenvalue weighted by Crippen LogP contribution is -2.47. The molecule has 0 radical (unpaired) electrons. The van der Waals surface area contributed by atoms with E-state index in [2.05, 4.69) is 4.90 Å². The van der Waals surface area contributed by atoms with Gasteiger partial charge in [0.2, 0.25) is 0 Å². The molecule has 0 spiro atoms. The number of nitrogens with zero attached hydrogens (tertiary/aromatic N) is 1. The van der Waals surface area contributed by atoms with Crippen molar-refractivity contribution in [2.45, 2.75) is 26.3 Å². The Morgan fingerprint density at radius 3 is 2.55 bits per heavy atom. The van der Waals surface area contributed by atoms with Crippen LogP contribution in [0.15, 0.2) is 24.3 Å². The van der Waals surface area contributed by atoms with Gasteiger partial charge in [0.15, 0.2) is 5.78 Å². The number of ketones is 2. The summed E-state index contributed by atoms with van der Waals surface area (Å²) in [5.41, 5.74) is 0.683. The molecule has 20 heavy (non-hydrogen) atoms. The van der Waals surface area contributed by atoms with Crippen molar-refractivity contribution >= 4 is 11.6 Å². The zero-order chi connectivity index (χ0) is 14.7. The first-order valence-corrected chi connectivity index (χ1v) is 6.98. The number of rotatable bonds is 4. The van der Waals surface area contributed by atoms with E-state index in [1.54, 1.807) is 31.4 Å². The third-order valence-electron chi connectivity index (χ3n) is 4.01. The van der Waals surface area contributed by atoms with Gasteiger partial charge >= 0.3 is 0 Å². The lowest BCUT2D eigenvalue weighted by molar-refractivity contribution is -0.125. The first-order valence-electron chi connectivity index (χ1n) is 6.98. The Bertz CT molecular complexity index is 495. The summed E-state index contributed by atoms with van der Waals surface area (Å²) in [5.74, 6) is 1.15. The lowest BCUT2D eigenvalue weighted by Gasteiger charge is -2.34. The molecular formula is C16H21NO3. The molecule has 108 valence electrons. The van der Waals surface area contributed by atoms with Crippen molar-refractivity contribution in [1.29, 1.82) is 0 Å². The number of carbonyl (C=O) groups is 2. The van der Waals surface area contributed by atoms with Gasteiger partial charge in [0.25, 0.3) is 0 Å². The van der Waals surface area contributed by atoms with Gasteiger partial charge in [0, 0.05) is 31.0 Å². The monoisotopic (exact) mass is 275 g/mol. The van der Waals surface area contributed by atoms with E-state index in [-0.39, 0.29) is 17.7 Å². The van der Waals surface area contributed by atoms with Crippen molar-refractivity contribution in [3.63, 3.8) is 0 Å². The van der Waals surface area contributed by atoms with Crippen molar-refractivity contribution in [3.05, 3.63) is 29.8 Å². The van der Waals surface area contributed by atoms with Gasteiger partial charge in [0.1, 0.15) is 11.5 Å². The van der Waals surface area contributed by atoms with Gasteiger partial charge in [-0.2, -0.15) is 0 Å². The van der Waals surface area contributed by atoms with Crippen LogP contribution in [0.1, 0.15) is 30.6 Å². The fraction of sp³-hybridized carbons (Fsp3) is 0.500. The molecule has 4 nitrogen and oxygen atoms in total. The molecule has 0 aliphatic carbocycles. The van der Waals surface area contributed by atoms with Crippen molar-refractivity contribution in [3.8, 4) is 5.75 Å². The minimum Gasteiger partial charge on any atom is -0.497 e. The fourth-order valence-corrected chi connectivity index (χ4v) is 2.56. The Labute approximate surface area is 119 Å². The maximum absolute atomic E-state index is 12.5. The average Bonchev–Trinajstić information content (AvgIpc) is 2.48. The van der Waals surface area contributed by atoms with Crippen LogP contribution >= 0.6 is 0 Å². The topological polar surface area (TPSA) is 46.6 Å². The van der Waals surface area contributed by atoms with E-state index in [0.29, 0.717) is 30.9 Å². The van der Waals surface area contributed by atoms with E-state index in [0.717, 1.165) is 5.75 Å². The molecule has 2 unspecified atom stereocenters. The number of piperidine rings is 1. The summed E-state index contributed by atoms with van der Waals surface area (Å²) in [5, 5.41) is 0. The van der Waals surface area contributed by atoms with Crippen molar-refractivity contribution in [1.82, 2.24) is 4.90 Å². The second-order valence-electron chi connectivity index (χ2n) is 5.38. The zero-order valence-corrected chi connectivity index (χ0v) is 12.3. The molecule has 1 aliphatic rings. The quantitative estimate of drug-likeness (QED) is 0.790. The summed E-state index contributed by atoms with van der Waals surface area (Å²) >= 11 is 0. The van der Waals surface area contributed by atoms with Gasteiger partial charge in [-0.15, -0.1) is 0 Å². The number of hydrogen-bond donors (Lipinski definition) is 0. The van der Waals surface area contributed by atoms with E-state index in [1.807, 2.05) is 13.8 Å². The van der Waals surface area contributed by atoms with Crippen LogP contribution in [-0.4, -0.2) is 42.7 Å². The molecule has 1 heterocycles. The third kappa shape index (κ3) is 3.07. The van der Waals surface area contributed by atoms with Gasteiger partial charge in [-0.05, 0) is 31.2 Å². The molecule has 1 aliphatic heterocycles. The van der Waals surface area contributed by atoms with Crippen LogP contribution in [0.25, 0.3) is 0 Å². The molecule has 0 amide bonds. The first kappa shape index (κ1) is 14.7. The van der Waals surface area contributed by atoms with Gasteiger partial charge in [0.05, 0.1) is 13.2 Å². The number of Topliss-reactive ketones (excluding diaryl/α,β-unsaturated/α-hetero) is 2. The van der Waals surface area contributed by atoms with Crippen LogP contribution in [-0.2, 0) is 4.79 Å². The second-order valence-corrected chi connectivity index (χ2v) is 5.38. The predicted octanol–water partition coefficient (Wildman–Crippen LogP) is 2.18. The van der Waals surface area contributed by atoms with Crippen LogP contribution in [0.2, 0.25) is 0 Å². The smallest absolute Gasteiger partial charge is 0.179 e. The van der Waals surface area contributed by atoms with Crippen LogP contribution in [0.3, 0.4) is 0 Å². The first-order chi connectivity index (χ1) is 9.52. The van der Waals surface area contributed by atoms with Crippen molar-refractivity contribution in [2.75, 3.05) is 20.2 Å². The molecular weight excluding hydrogens is 254 g/mol. The van der Waals surface area contributed by atoms with Crippen LogP contribution in [0.4, 0.5) is 0 Å². The van der Waals surface area contributed by atoms with Crippen LogP contribution in [0.5, 0.6) is 5.75 Å². The van der Waals surface area contributed by atoms with E-state index < -0.39 is 0 Å². The molecule has 0 aromatic heterocycles. The van der Waals surface area contributed by atoms with E-state index in [1.165, 1.54) is 0 Å². The molecule has 0 saturated carbocycles. The van der Waals surface area contributed by atoms with E-state index >= 15 is 0 Å². The number of ether oxygens (including phenoxy) is 1. The Balaban J connectivity index is 2.06. The largest absolute Gasteiger partial charge is 0.497 e. The summed E-state index contributed by atoms with van der Waals surface area (Å²) in [7, 11) is 1.60. The van der Waals surface area contributed by atoms with Crippen molar-refractivity contribution in [2.24, 2.45) is 5.92 Å². The SMILES string of the molecule is COc1ccc(C(=O)C(C)N2CCC(=O)C(C)C2)cc1. The molecule has 2 atom stereocenters. The number of carbonyl (C=O) groups excluding carboxylic acids is 2. The Morgan fingerprint density at radius 1 is 1.35 bits per heavy atom. The maximum atomic E-state index is 12.5. The molecule has 1 saturated heterocycles. The summed E-state index contributed by atoms with van der Waals surface area (Å²) in [6, 6.07) is 6.97. The minimum absolute atomic E-state index is 0.0230. The van der Waals surface area contributed by atoms with E-state index in [9.17, 15) is 9.59 Å². The molecule has 4 heteroatoms. The summed E-state index contributed by atoms with van der Waals surface area (Å²) in [6.45, 7) is 5.18. The molecule has 1 aromatic carbocycles. The van der Waals surface area contributed by atoms with Gasteiger partial charge < -0.3 is 4.74 Å². The third-order valence-corrected chi connectivity index (χ3v) is 4.01. The predicted molar refractivity (Wildman–Crippen MR) is 77.1 cm³/mol. The maximum Gasteiger partial charge on any atom is 0.179 e. The highest BCUT2D eigenvalue weighted by Gasteiger charge is 2.29. The zero-order valence-electron chi connectivity index (χ0n) is 12.3. The summed E-state index contributed by atoms with van der Waals surface area (Å²) in [6.07, 6.45) is 0.543. The molecule has 1 fully saturated rings. The number of methoxy groups -OCH3 is 1. The molecule has 0 bridgehead atoms. The Morgan fingerprint density at radius 2 is 2.00 bits per heavy atom. The average molecular weight is 275 g/mol. The minimum atomic E-state index is -0.195. The van der Waals surface area contributed by atoms with Crippen LogP contribution in [0, 0.1) is 5.92 Å². The molecule has 1 aromatic rings. The van der Waals surface area contributed by atoms with Gasteiger partial charge in [-0.1, -0.05) is 6.92 Å². The van der Waals surface area contributed by atoms with Crippen molar-refractivity contribution < 1.29 is 14.3 Å². The normalized spacial score (nSPS) is 21.6. The lowest BCUT2D eigenvalue weighted by atomic mass is 9.95. The Hall–Kier alpha value is -1.68. The second kappa shape index (κ2) is 6.18. The highest BCUT2D eigenvalue weighted by molar-refractivity contribution is 6.00. The number of likely N-dealkylation sites (tertiary alicyclic amines) is 1. The molecule has 2 rings (SSSR count). The van der Waals surface area contributed by atoms with Gasteiger partial charge in [-0.25, -0.2) is 0 Å².